The lowest BCUT2D eigenvalue weighted by Gasteiger charge is -2.35. The number of benzene rings is 2. The van der Waals surface area contributed by atoms with E-state index < -0.39 is 30.1 Å². The van der Waals surface area contributed by atoms with Crippen molar-refractivity contribution in [3.63, 3.8) is 0 Å². The summed E-state index contributed by atoms with van der Waals surface area (Å²) in [6, 6.07) is 15.7. The van der Waals surface area contributed by atoms with Crippen LogP contribution in [0.15, 0.2) is 48.5 Å². The fraction of sp³-hybridized carbons (Fsp3) is 0.444. The lowest BCUT2D eigenvalue weighted by Crippen LogP contribution is -2.50. The molecule has 3 N–H and O–H groups in total. The molecular weight excluding hydrogens is 448 g/mol. The van der Waals surface area contributed by atoms with Crippen LogP contribution in [-0.4, -0.2) is 64.9 Å². The van der Waals surface area contributed by atoms with Gasteiger partial charge in [0, 0.05) is 31.5 Å². The van der Waals surface area contributed by atoms with Crippen LogP contribution in [0.1, 0.15) is 43.7 Å². The molecule has 1 aliphatic carbocycles. The number of carbonyl (C=O) groups excluding carboxylic acids is 2. The minimum Gasteiger partial charge on any atom is -0.481 e. The van der Waals surface area contributed by atoms with Gasteiger partial charge in [-0.15, -0.1) is 0 Å². The van der Waals surface area contributed by atoms with Gasteiger partial charge in [-0.05, 0) is 34.6 Å². The number of piperidine rings is 1. The molecule has 0 aromatic heterocycles. The Morgan fingerprint density at radius 2 is 1.63 bits per heavy atom. The Balaban J connectivity index is 1.37. The first-order valence-corrected chi connectivity index (χ1v) is 12.0. The SMILES string of the molecule is CC(C)C(CC(=O)N1CC(O)CC(C(=O)O)C1)NC(=O)OCC1c2ccccc2-c2ccccc21. The molecule has 2 aromatic carbocycles. The molecule has 8 heteroatoms. The predicted molar refractivity (Wildman–Crippen MR) is 130 cm³/mol. The van der Waals surface area contributed by atoms with Crippen molar-refractivity contribution >= 4 is 18.0 Å². The van der Waals surface area contributed by atoms with Crippen molar-refractivity contribution in [2.24, 2.45) is 11.8 Å². The summed E-state index contributed by atoms with van der Waals surface area (Å²) in [4.78, 5) is 38.3. The molecule has 0 spiro atoms. The molecular formula is C27H32N2O6. The number of ether oxygens (including phenoxy) is 1. The molecule has 2 aliphatic rings. The van der Waals surface area contributed by atoms with Gasteiger partial charge in [0.1, 0.15) is 6.61 Å². The number of amides is 2. The summed E-state index contributed by atoms with van der Waals surface area (Å²) in [5.74, 6) is -2.24. The second-order valence-corrected chi connectivity index (χ2v) is 9.75. The van der Waals surface area contributed by atoms with Gasteiger partial charge in [0.15, 0.2) is 0 Å². The molecule has 8 nitrogen and oxygen atoms in total. The number of likely N-dealkylation sites (tertiary alicyclic amines) is 1. The average molecular weight is 481 g/mol. The number of aliphatic carboxylic acids is 1. The van der Waals surface area contributed by atoms with Crippen molar-refractivity contribution in [2.45, 2.75) is 44.8 Å². The van der Waals surface area contributed by atoms with Gasteiger partial charge in [-0.2, -0.15) is 0 Å². The van der Waals surface area contributed by atoms with Crippen LogP contribution in [0.25, 0.3) is 11.1 Å². The number of fused-ring (bicyclic) bond motifs is 3. The number of rotatable bonds is 7. The number of carbonyl (C=O) groups is 3. The van der Waals surface area contributed by atoms with Gasteiger partial charge >= 0.3 is 12.1 Å². The maximum Gasteiger partial charge on any atom is 0.407 e. The Morgan fingerprint density at radius 1 is 1.03 bits per heavy atom. The number of hydrogen-bond acceptors (Lipinski definition) is 5. The van der Waals surface area contributed by atoms with E-state index in [1.54, 1.807) is 0 Å². The zero-order valence-electron chi connectivity index (χ0n) is 20.0. The lowest BCUT2D eigenvalue weighted by atomic mass is 9.94. The highest BCUT2D eigenvalue weighted by Crippen LogP contribution is 2.44. The van der Waals surface area contributed by atoms with Crippen LogP contribution in [0.4, 0.5) is 4.79 Å². The summed E-state index contributed by atoms with van der Waals surface area (Å²) in [5, 5.41) is 22.1. The third-order valence-electron chi connectivity index (χ3n) is 6.98. The first-order chi connectivity index (χ1) is 16.7. The molecule has 2 aromatic rings. The van der Waals surface area contributed by atoms with Gasteiger partial charge in [0.2, 0.25) is 5.91 Å². The third kappa shape index (κ3) is 5.48. The fourth-order valence-corrected chi connectivity index (χ4v) is 5.02. The van der Waals surface area contributed by atoms with Crippen molar-refractivity contribution in [3.8, 4) is 11.1 Å². The van der Waals surface area contributed by atoms with Crippen molar-refractivity contribution in [2.75, 3.05) is 19.7 Å². The Hall–Kier alpha value is -3.39. The van der Waals surface area contributed by atoms with Crippen LogP contribution in [-0.2, 0) is 14.3 Å². The third-order valence-corrected chi connectivity index (χ3v) is 6.98. The molecule has 4 rings (SSSR count). The van der Waals surface area contributed by atoms with Crippen LogP contribution < -0.4 is 5.32 Å². The molecule has 0 radical (unpaired) electrons. The van der Waals surface area contributed by atoms with Gasteiger partial charge in [-0.1, -0.05) is 62.4 Å². The van der Waals surface area contributed by atoms with Crippen molar-refractivity contribution in [1.82, 2.24) is 10.2 Å². The van der Waals surface area contributed by atoms with Gasteiger partial charge in [0.05, 0.1) is 12.0 Å². The maximum atomic E-state index is 12.9. The Morgan fingerprint density at radius 3 is 2.20 bits per heavy atom. The van der Waals surface area contributed by atoms with E-state index in [0.717, 1.165) is 22.3 Å². The second-order valence-electron chi connectivity index (χ2n) is 9.75. The molecule has 1 aliphatic heterocycles. The minimum absolute atomic E-state index is 0.000914. The summed E-state index contributed by atoms with van der Waals surface area (Å²) >= 11 is 0. The average Bonchev–Trinajstić information content (AvgIpc) is 3.15. The summed E-state index contributed by atoms with van der Waals surface area (Å²) in [5.41, 5.74) is 4.53. The van der Waals surface area contributed by atoms with Gasteiger partial charge in [-0.3, -0.25) is 9.59 Å². The van der Waals surface area contributed by atoms with E-state index in [1.807, 2.05) is 50.2 Å². The predicted octanol–water partition coefficient (Wildman–Crippen LogP) is 3.23. The Kier molecular flexibility index (Phi) is 7.40. The molecule has 35 heavy (non-hydrogen) atoms. The molecule has 3 unspecified atom stereocenters. The van der Waals surface area contributed by atoms with E-state index in [1.165, 1.54) is 4.90 Å². The number of nitrogens with one attached hydrogen (secondary N) is 1. The number of β-amino-alcohol motifs (C(OH)–C–C–N with tert-alkyl or cyclic N) is 1. The van der Waals surface area contributed by atoms with Crippen molar-refractivity contribution < 1.29 is 29.3 Å². The van der Waals surface area contributed by atoms with E-state index in [-0.39, 0.29) is 50.3 Å². The molecule has 0 saturated carbocycles. The molecule has 1 saturated heterocycles. The van der Waals surface area contributed by atoms with E-state index >= 15 is 0 Å². The van der Waals surface area contributed by atoms with Gasteiger partial charge in [0.25, 0.3) is 0 Å². The summed E-state index contributed by atoms with van der Waals surface area (Å²) in [7, 11) is 0. The van der Waals surface area contributed by atoms with Gasteiger partial charge < -0.3 is 25.2 Å². The molecule has 2 amide bonds. The summed E-state index contributed by atoms with van der Waals surface area (Å²) in [6.07, 6.45) is -1.34. The van der Waals surface area contributed by atoms with Crippen LogP contribution in [0.3, 0.4) is 0 Å². The molecule has 0 bridgehead atoms. The lowest BCUT2D eigenvalue weighted by molar-refractivity contribution is -0.149. The monoisotopic (exact) mass is 480 g/mol. The largest absolute Gasteiger partial charge is 0.481 e. The maximum absolute atomic E-state index is 12.9. The normalized spacial score (nSPS) is 20.2. The first kappa shape index (κ1) is 24.7. The number of carboxylic acids is 1. The van der Waals surface area contributed by atoms with E-state index in [0.29, 0.717) is 0 Å². The molecule has 1 fully saturated rings. The smallest absolute Gasteiger partial charge is 0.407 e. The Labute approximate surface area is 204 Å². The standard InChI is InChI=1S/C27H32N2O6/c1-16(2)24(12-25(31)29-13-17(26(32)33)11-18(30)14-29)28-27(34)35-15-23-21-9-5-3-7-19(21)20-8-4-6-10-22(20)23/h3-10,16-18,23-24,30H,11-15H2,1-2H3,(H,28,34)(H,32,33). The van der Waals surface area contributed by atoms with Crippen LogP contribution in [0, 0.1) is 11.8 Å². The zero-order valence-corrected chi connectivity index (χ0v) is 20.0. The minimum atomic E-state index is -1.03. The quantitative estimate of drug-likeness (QED) is 0.560. The van der Waals surface area contributed by atoms with Crippen molar-refractivity contribution in [3.05, 3.63) is 59.7 Å². The van der Waals surface area contributed by atoms with E-state index in [9.17, 15) is 24.6 Å². The summed E-state index contributed by atoms with van der Waals surface area (Å²) < 4.78 is 5.62. The van der Waals surface area contributed by atoms with Crippen LogP contribution >= 0.6 is 0 Å². The number of nitrogens with zero attached hydrogens (tertiary/aromatic N) is 1. The Bertz CT molecular complexity index is 1060. The zero-order chi connectivity index (χ0) is 25.1. The van der Waals surface area contributed by atoms with Gasteiger partial charge in [-0.25, -0.2) is 4.79 Å². The summed E-state index contributed by atoms with van der Waals surface area (Å²) in [6.45, 7) is 4.12. The van der Waals surface area contributed by atoms with Crippen LogP contribution in [0.2, 0.25) is 0 Å². The highest BCUT2D eigenvalue weighted by atomic mass is 16.5. The second kappa shape index (κ2) is 10.5. The number of aliphatic hydroxyl groups excluding tert-OH is 1. The highest BCUT2D eigenvalue weighted by molar-refractivity contribution is 5.80. The highest BCUT2D eigenvalue weighted by Gasteiger charge is 2.34. The fourth-order valence-electron chi connectivity index (χ4n) is 5.02. The van der Waals surface area contributed by atoms with E-state index in [2.05, 4.69) is 17.4 Å². The molecule has 3 atom stereocenters. The topological polar surface area (TPSA) is 116 Å². The number of carboxylic acid groups (broad SMARTS) is 1. The number of hydrogen-bond donors (Lipinski definition) is 3. The van der Waals surface area contributed by atoms with Crippen molar-refractivity contribution in [1.29, 1.82) is 0 Å². The van der Waals surface area contributed by atoms with E-state index in [4.69, 9.17) is 4.74 Å². The molecule has 186 valence electrons. The first-order valence-electron chi connectivity index (χ1n) is 12.0. The van der Waals surface area contributed by atoms with Crippen LogP contribution in [0.5, 0.6) is 0 Å². The molecule has 1 heterocycles. The number of aliphatic hydroxyl groups is 1. The number of alkyl carbamates (subject to hydrolysis) is 1.